The van der Waals surface area contributed by atoms with Gasteiger partial charge < -0.3 is 10.6 Å². The van der Waals surface area contributed by atoms with Crippen molar-refractivity contribution in [1.82, 2.24) is 9.97 Å². The maximum Gasteiger partial charge on any atom is 0.132 e. The molecular formula is C18H22N4. The highest BCUT2D eigenvalue weighted by atomic mass is 15.1. The van der Waals surface area contributed by atoms with Gasteiger partial charge in [-0.15, -0.1) is 0 Å². The number of aromatic nitrogens is 2. The van der Waals surface area contributed by atoms with Crippen molar-refractivity contribution >= 4 is 11.6 Å². The predicted molar refractivity (Wildman–Crippen MR) is 89.3 cm³/mol. The average molecular weight is 294 g/mol. The summed E-state index contributed by atoms with van der Waals surface area (Å²) in [6.45, 7) is 1.94. The van der Waals surface area contributed by atoms with Crippen LogP contribution in [0.15, 0.2) is 30.3 Å². The third-order valence-electron chi connectivity index (χ3n) is 5.17. The van der Waals surface area contributed by atoms with Gasteiger partial charge in [0.15, 0.2) is 0 Å². The second kappa shape index (κ2) is 5.27. The van der Waals surface area contributed by atoms with E-state index in [1.807, 2.05) is 20.0 Å². The van der Waals surface area contributed by atoms with Crippen molar-refractivity contribution in [1.29, 1.82) is 0 Å². The molecule has 4 nitrogen and oxygen atoms in total. The maximum atomic E-state index is 4.52. The molecule has 1 aromatic carbocycles. The second-order valence-corrected chi connectivity index (χ2v) is 6.43. The van der Waals surface area contributed by atoms with Crippen molar-refractivity contribution in [2.45, 2.75) is 38.1 Å². The normalized spacial score (nSPS) is 25.6. The first-order valence-corrected chi connectivity index (χ1v) is 8.12. The Balaban J connectivity index is 1.50. The Bertz CT molecular complexity index is 697. The first-order chi connectivity index (χ1) is 10.7. The smallest absolute Gasteiger partial charge is 0.132 e. The Morgan fingerprint density at radius 1 is 1.14 bits per heavy atom. The number of aryl methyl sites for hydroxylation is 2. The van der Waals surface area contributed by atoms with E-state index in [1.54, 1.807) is 11.1 Å². The minimum Gasteiger partial charge on any atom is -0.373 e. The van der Waals surface area contributed by atoms with Gasteiger partial charge in [0.2, 0.25) is 0 Å². The number of nitrogens with one attached hydrogen (secondary N) is 2. The molecule has 114 valence electrons. The maximum absolute atomic E-state index is 4.52. The van der Waals surface area contributed by atoms with E-state index in [2.05, 4.69) is 44.9 Å². The van der Waals surface area contributed by atoms with Crippen LogP contribution in [0, 0.1) is 12.8 Å². The first kappa shape index (κ1) is 13.6. The minimum atomic E-state index is 0.539. The standard InChI is InChI=1S/C18H22N4/c1-11-20-17(19-2)10-18(21-11)22-16-9-15-13-6-4-3-5-12(13)7-8-14(15)16/h3-6,10,14-16H,7-9H2,1-2H3,(H2,19,20,21,22). The van der Waals surface area contributed by atoms with Crippen LogP contribution in [0.2, 0.25) is 0 Å². The number of anilines is 2. The van der Waals surface area contributed by atoms with Crippen LogP contribution in [0.25, 0.3) is 0 Å². The first-order valence-electron chi connectivity index (χ1n) is 8.12. The Kier molecular flexibility index (Phi) is 3.25. The fourth-order valence-corrected chi connectivity index (χ4v) is 4.04. The van der Waals surface area contributed by atoms with Gasteiger partial charge in [-0.25, -0.2) is 9.97 Å². The molecule has 2 aliphatic carbocycles. The molecule has 22 heavy (non-hydrogen) atoms. The molecule has 1 heterocycles. The van der Waals surface area contributed by atoms with Gasteiger partial charge in [0, 0.05) is 19.2 Å². The highest BCUT2D eigenvalue weighted by Crippen LogP contribution is 2.50. The molecule has 1 aromatic heterocycles. The Hall–Kier alpha value is -2.10. The van der Waals surface area contributed by atoms with Crippen molar-refractivity contribution in [3.8, 4) is 0 Å². The SMILES string of the molecule is CNc1cc(NC2CC3c4ccccc4CCC23)nc(C)n1. The molecule has 2 N–H and O–H groups in total. The van der Waals surface area contributed by atoms with E-state index in [-0.39, 0.29) is 0 Å². The van der Waals surface area contributed by atoms with E-state index in [9.17, 15) is 0 Å². The molecule has 3 unspecified atom stereocenters. The number of nitrogens with zero attached hydrogens (tertiary/aromatic N) is 2. The Morgan fingerprint density at radius 2 is 1.95 bits per heavy atom. The molecule has 1 fully saturated rings. The summed E-state index contributed by atoms with van der Waals surface area (Å²) >= 11 is 0. The molecule has 4 rings (SSSR count). The summed E-state index contributed by atoms with van der Waals surface area (Å²) < 4.78 is 0. The summed E-state index contributed by atoms with van der Waals surface area (Å²) in [5.41, 5.74) is 3.13. The van der Waals surface area contributed by atoms with Crippen molar-refractivity contribution in [2.24, 2.45) is 5.92 Å². The van der Waals surface area contributed by atoms with Gasteiger partial charge in [-0.1, -0.05) is 24.3 Å². The predicted octanol–water partition coefficient (Wildman–Crippen LogP) is 3.36. The molecule has 4 heteroatoms. The molecule has 0 radical (unpaired) electrons. The van der Waals surface area contributed by atoms with Gasteiger partial charge in [-0.05, 0) is 49.1 Å². The van der Waals surface area contributed by atoms with Gasteiger partial charge >= 0.3 is 0 Å². The van der Waals surface area contributed by atoms with Crippen LogP contribution in [-0.4, -0.2) is 23.1 Å². The topological polar surface area (TPSA) is 49.8 Å². The summed E-state index contributed by atoms with van der Waals surface area (Å²) in [4.78, 5) is 8.88. The number of hydrogen-bond acceptors (Lipinski definition) is 4. The summed E-state index contributed by atoms with van der Waals surface area (Å²) in [6.07, 6.45) is 3.70. The molecule has 0 aliphatic heterocycles. The number of benzene rings is 1. The van der Waals surface area contributed by atoms with Crippen molar-refractivity contribution < 1.29 is 0 Å². The Morgan fingerprint density at radius 3 is 2.82 bits per heavy atom. The van der Waals surface area contributed by atoms with Gasteiger partial charge in [0.05, 0.1) is 0 Å². The quantitative estimate of drug-likeness (QED) is 0.911. The van der Waals surface area contributed by atoms with Crippen LogP contribution < -0.4 is 10.6 Å². The lowest BCUT2D eigenvalue weighted by Crippen LogP contribution is -2.47. The number of hydrogen-bond donors (Lipinski definition) is 2. The van der Waals surface area contributed by atoms with Crippen LogP contribution in [-0.2, 0) is 6.42 Å². The fourth-order valence-electron chi connectivity index (χ4n) is 4.04. The summed E-state index contributed by atoms with van der Waals surface area (Å²) in [5.74, 6) is 4.09. The molecule has 2 aliphatic rings. The zero-order valence-electron chi connectivity index (χ0n) is 13.1. The highest BCUT2D eigenvalue weighted by molar-refractivity contribution is 5.49. The van der Waals surface area contributed by atoms with E-state index in [0.717, 1.165) is 29.3 Å². The molecule has 0 bridgehead atoms. The van der Waals surface area contributed by atoms with Gasteiger partial charge in [0.1, 0.15) is 17.5 Å². The van der Waals surface area contributed by atoms with E-state index < -0.39 is 0 Å². The van der Waals surface area contributed by atoms with Crippen molar-refractivity contribution in [2.75, 3.05) is 17.7 Å². The molecule has 0 spiro atoms. The van der Waals surface area contributed by atoms with E-state index in [1.165, 1.54) is 19.3 Å². The molecule has 0 amide bonds. The van der Waals surface area contributed by atoms with Crippen molar-refractivity contribution in [3.05, 3.63) is 47.3 Å². The van der Waals surface area contributed by atoms with Gasteiger partial charge in [-0.3, -0.25) is 0 Å². The van der Waals surface area contributed by atoms with E-state index in [0.29, 0.717) is 6.04 Å². The number of fused-ring (bicyclic) bond motifs is 3. The fraction of sp³-hybridized carbons (Fsp3) is 0.444. The monoisotopic (exact) mass is 294 g/mol. The molecule has 1 saturated carbocycles. The van der Waals surface area contributed by atoms with Crippen LogP contribution >= 0.6 is 0 Å². The van der Waals surface area contributed by atoms with Crippen LogP contribution in [0.1, 0.15) is 35.7 Å². The Labute approximate surface area is 131 Å². The lowest BCUT2D eigenvalue weighted by Gasteiger charge is -2.49. The summed E-state index contributed by atoms with van der Waals surface area (Å²) in [6, 6.07) is 11.5. The molecule has 0 saturated heterocycles. The largest absolute Gasteiger partial charge is 0.373 e. The van der Waals surface area contributed by atoms with E-state index in [4.69, 9.17) is 0 Å². The average Bonchev–Trinajstić information content (AvgIpc) is 2.51. The van der Waals surface area contributed by atoms with Crippen LogP contribution in [0.5, 0.6) is 0 Å². The number of rotatable bonds is 3. The van der Waals surface area contributed by atoms with E-state index >= 15 is 0 Å². The van der Waals surface area contributed by atoms with Gasteiger partial charge in [-0.2, -0.15) is 0 Å². The summed E-state index contributed by atoms with van der Waals surface area (Å²) in [5, 5.41) is 6.73. The van der Waals surface area contributed by atoms with Crippen LogP contribution in [0.4, 0.5) is 11.6 Å². The zero-order chi connectivity index (χ0) is 15.1. The third kappa shape index (κ3) is 2.23. The zero-order valence-corrected chi connectivity index (χ0v) is 13.1. The molecule has 2 aromatic rings. The second-order valence-electron chi connectivity index (χ2n) is 6.43. The lowest BCUT2D eigenvalue weighted by atomic mass is 9.60. The van der Waals surface area contributed by atoms with Crippen molar-refractivity contribution in [3.63, 3.8) is 0 Å². The van der Waals surface area contributed by atoms with Gasteiger partial charge in [0.25, 0.3) is 0 Å². The molecular weight excluding hydrogens is 272 g/mol. The molecule has 3 atom stereocenters. The summed E-state index contributed by atoms with van der Waals surface area (Å²) in [7, 11) is 1.89. The van der Waals surface area contributed by atoms with Crippen LogP contribution in [0.3, 0.4) is 0 Å². The minimum absolute atomic E-state index is 0.539. The third-order valence-corrected chi connectivity index (χ3v) is 5.17. The highest BCUT2D eigenvalue weighted by Gasteiger charge is 2.44. The lowest BCUT2D eigenvalue weighted by molar-refractivity contribution is 0.194.